The normalized spacial score (nSPS) is 14.0. The quantitative estimate of drug-likeness (QED) is 0.861. The molecule has 20 heavy (non-hydrogen) atoms. The highest BCUT2D eigenvalue weighted by molar-refractivity contribution is 6.32. The number of nitrogens with zero attached hydrogens (tertiary/aromatic N) is 3. The van der Waals surface area contributed by atoms with E-state index < -0.39 is 0 Å². The number of halogens is 3. The zero-order chi connectivity index (χ0) is 13.0. The third-order valence-electron chi connectivity index (χ3n) is 2.74. The van der Waals surface area contributed by atoms with Gasteiger partial charge in [-0.25, -0.2) is 9.97 Å². The Morgan fingerprint density at radius 3 is 2.75 bits per heavy atom. The summed E-state index contributed by atoms with van der Waals surface area (Å²) in [7, 11) is 0. The van der Waals surface area contributed by atoms with Gasteiger partial charge in [-0.2, -0.15) is 0 Å². The zero-order valence-corrected chi connectivity index (χ0v) is 13.4. The molecule has 6 nitrogen and oxygen atoms in total. The van der Waals surface area contributed by atoms with Crippen LogP contribution in [0.15, 0.2) is 6.20 Å². The maximum atomic E-state index is 11.9. The van der Waals surface area contributed by atoms with Gasteiger partial charge in [-0.1, -0.05) is 11.6 Å². The van der Waals surface area contributed by atoms with Gasteiger partial charge >= 0.3 is 0 Å². The lowest BCUT2D eigenvalue weighted by atomic mass is 10.3. The SMILES string of the molecule is Cc1ncc(Cl)c(NCC(=O)N2CCNCC2)n1.Cl.Cl. The minimum absolute atomic E-state index is 0. The first kappa shape index (κ1) is 19.2. The number of piperazine rings is 1. The second-order valence-corrected chi connectivity index (χ2v) is 4.51. The van der Waals surface area contributed by atoms with Crippen LogP contribution in [0.2, 0.25) is 5.02 Å². The molecule has 1 amide bonds. The molecule has 1 fully saturated rings. The van der Waals surface area contributed by atoms with Crippen LogP contribution in [0, 0.1) is 6.92 Å². The number of hydrogen-bond acceptors (Lipinski definition) is 5. The lowest BCUT2D eigenvalue weighted by Gasteiger charge is -2.27. The van der Waals surface area contributed by atoms with Crippen LogP contribution in [0.3, 0.4) is 0 Å². The molecule has 2 heterocycles. The smallest absolute Gasteiger partial charge is 0.242 e. The fourth-order valence-electron chi connectivity index (χ4n) is 1.76. The van der Waals surface area contributed by atoms with Crippen molar-refractivity contribution in [3.05, 3.63) is 17.0 Å². The van der Waals surface area contributed by atoms with E-state index in [0.717, 1.165) is 26.2 Å². The molecule has 0 spiro atoms. The van der Waals surface area contributed by atoms with E-state index in [0.29, 0.717) is 16.7 Å². The molecule has 1 aliphatic heterocycles. The van der Waals surface area contributed by atoms with E-state index in [1.54, 1.807) is 6.92 Å². The van der Waals surface area contributed by atoms with Gasteiger partial charge in [-0.05, 0) is 6.92 Å². The molecule has 0 atom stereocenters. The Balaban J connectivity index is 0.00000180. The number of hydrogen-bond donors (Lipinski definition) is 2. The summed E-state index contributed by atoms with van der Waals surface area (Å²) in [4.78, 5) is 21.9. The van der Waals surface area contributed by atoms with Gasteiger partial charge in [0.05, 0.1) is 12.7 Å². The van der Waals surface area contributed by atoms with Gasteiger partial charge in [-0.15, -0.1) is 24.8 Å². The van der Waals surface area contributed by atoms with Gasteiger partial charge in [0, 0.05) is 26.2 Å². The molecule has 2 N–H and O–H groups in total. The molecular formula is C11H18Cl3N5O. The highest BCUT2D eigenvalue weighted by Gasteiger charge is 2.16. The highest BCUT2D eigenvalue weighted by atomic mass is 35.5. The van der Waals surface area contributed by atoms with E-state index in [2.05, 4.69) is 20.6 Å². The zero-order valence-electron chi connectivity index (χ0n) is 11.1. The number of amides is 1. The third kappa shape index (κ3) is 5.28. The van der Waals surface area contributed by atoms with Crippen molar-refractivity contribution in [2.45, 2.75) is 6.92 Å². The fraction of sp³-hybridized carbons (Fsp3) is 0.545. The van der Waals surface area contributed by atoms with Crippen LogP contribution in [0.1, 0.15) is 5.82 Å². The molecule has 2 rings (SSSR count). The summed E-state index contributed by atoms with van der Waals surface area (Å²) < 4.78 is 0. The summed E-state index contributed by atoms with van der Waals surface area (Å²) in [6.45, 7) is 5.17. The van der Waals surface area contributed by atoms with Crippen molar-refractivity contribution in [2.24, 2.45) is 0 Å². The predicted octanol–water partition coefficient (Wildman–Crippen LogP) is 1.13. The number of anilines is 1. The largest absolute Gasteiger partial charge is 0.360 e. The molecule has 0 bridgehead atoms. The molecule has 1 saturated heterocycles. The summed E-state index contributed by atoms with van der Waals surface area (Å²) in [5.41, 5.74) is 0. The summed E-state index contributed by atoms with van der Waals surface area (Å²) in [6.07, 6.45) is 1.53. The van der Waals surface area contributed by atoms with Gasteiger partial charge in [0.15, 0.2) is 0 Å². The number of carbonyl (C=O) groups is 1. The Kier molecular flexibility index (Phi) is 8.80. The molecule has 0 radical (unpaired) electrons. The van der Waals surface area contributed by atoms with E-state index in [9.17, 15) is 4.79 Å². The number of nitrogens with one attached hydrogen (secondary N) is 2. The van der Waals surface area contributed by atoms with Crippen molar-refractivity contribution in [3.63, 3.8) is 0 Å². The van der Waals surface area contributed by atoms with Gasteiger partial charge in [0.2, 0.25) is 5.91 Å². The van der Waals surface area contributed by atoms with Gasteiger partial charge < -0.3 is 15.5 Å². The second kappa shape index (κ2) is 9.18. The fourth-order valence-corrected chi connectivity index (χ4v) is 1.92. The van der Waals surface area contributed by atoms with Crippen molar-refractivity contribution in [3.8, 4) is 0 Å². The summed E-state index contributed by atoms with van der Waals surface area (Å²) in [6, 6.07) is 0. The minimum Gasteiger partial charge on any atom is -0.360 e. The summed E-state index contributed by atoms with van der Waals surface area (Å²) in [5, 5.41) is 6.58. The van der Waals surface area contributed by atoms with Crippen molar-refractivity contribution < 1.29 is 4.79 Å². The van der Waals surface area contributed by atoms with Crippen LogP contribution in [0.25, 0.3) is 0 Å². The van der Waals surface area contributed by atoms with Crippen LogP contribution >= 0.6 is 36.4 Å². The average Bonchev–Trinajstić information content (AvgIpc) is 2.40. The van der Waals surface area contributed by atoms with Gasteiger partial charge in [-0.3, -0.25) is 4.79 Å². The van der Waals surface area contributed by atoms with E-state index in [4.69, 9.17) is 11.6 Å². The molecule has 0 aromatic carbocycles. The molecule has 9 heteroatoms. The van der Waals surface area contributed by atoms with Crippen LogP contribution in [-0.2, 0) is 4.79 Å². The molecule has 1 aliphatic rings. The maximum absolute atomic E-state index is 11.9. The van der Waals surface area contributed by atoms with Gasteiger partial charge in [0.25, 0.3) is 0 Å². The lowest BCUT2D eigenvalue weighted by molar-refractivity contribution is -0.129. The Hall–Kier alpha value is -0.820. The number of aromatic nitrogens is 2. The Bertz CT molecular complexity index is 440. The van der Waals surface area contributed by atoms with Crippen LogP contribution < -0.4 is 10.6 Å². The highest BCUT2D eigenvalue weighted by Crippen LogP contribution is 2.17. The van der Waals surface area contributed by atoms with Gasteiger partial charge in [0.1, 0.15) is 16.7 Å². The first-order valence-electron chi connectivity index (χ1n) is 5.88. The molecule has 0 saturated carbocycles. The van der Waals surface area contributed by atoms with E-state index in [1.807, 2.05) is 4.90 Å². The number of rotatable bonds is 3. The van der Waals surface area contributed by atoms with Crippen molar-refractivity contribution >= 4 is 48.1 Å². The Labute approximate surface area is 135 Å². The minimum atomic E-state index is 0. The van der Waals surface area contributed by atoms with Crippen molar-refractivity contribution in [1.82, 2.24) is 20.2 Å². The maximum Gasteiger partial charge on any atom is 0.242 e. The van der Waals surface area contributed by atoms with Crippen LogP contribution in [0.4, 0.5) is 5.82 Å². The van der Waals surface area contributed by atoms with E-state index >= 15 is 0 Å². The predicted molar refractivity (Wildman–Crippen MR) is 84.2 cm³/mol. The van der Waals surface area contributed by atoms with Crippen LogP contribution in [-0.4, -0.2) is 53.5 Å². The number of carbonyl (C=O) groups excluding carboxylic acids is 1. The van der Waals surface area contributed by atoms with Crippen molar-refractivity contribution in [1.29, 1.82) is 0 Å². The molecule has 0 aliphatic carbocycles. The van der Waals surface area contributed by atoms with E-state index in [1.165, 1.54) is 6.20 Å². The summed E-state index contributed by atoms with van der Waals surface area (Å²) in [5.74, 6) is 1.19. The molecular weight excluding hydrogens is 325 g/mol. The standard InChI is InChI=1S/C11H16ClN5O.2ClH/c1-8-14-6-9(12)11(16-8)15-7-10(18)17-4-2-13-3-5-17;;/h6,13H,2-5,7H2,1H3,(H,14,15,16);2*1H. The molecule has 114 valence electrons. The Morgan fingerprint density at radius 1 is 1.45 bits per heavy atom. The Morgan fingerprint density at radius 2 is 2.10 bits per heavy atom. The molecule has 1 aromatic rings. The molecule has 0 unspecified atom stereocenters. The van der Waals surface area contributed by atoms with E-state index in [-0.39, 0.29) is 37.3 Å². The first-order valence-corrected chi connectivity index (χ1v) is 6.26. The van der Waals surface area contributed by atoms with Crippen LogP contribution in [0.5, 0.6) is 0 Å². The number of aryl methyl sites for hydroxylation is 1. The average molecular weight is 343 g/mol. The van der Waals surface area contributed by atoms with Crippen molar-refractivity contribution in [2.75, 3.05) is 38.0 Å². The topological polar surface area (TPSA) is 70.2 Å². The lowest BCUT2D eigenvalue weighted by Crippen LogP contribution is -2.48. The molecule has 1 aromatic heterocycles. The monoisotopic (exact) mass is 341 g/mol. The summed E-state index contributed by atoms with van der Waals surface area (Å²) >= 11 is 5.94. The first-order chi connectivity index (χ1) is 8.66. The second-order valence-electron chi connectivity index (χ2n) is 4.10. The third-order valence-corrected chi connectivity index (χ3v) is 3.02.